The lowest BCUT2D eigenvalue weighted by atomic mass is 9.94. The molecule has 1 aromatic carbocycles. The second kappa shape index (κ2) is 11.0. The van der Waals surface area contributed by atoms with Crippen LogP contribution in [-0.2, 0) is 0 Å². The summed E-state index contributed by atoms with van der Waals surface area (Å²) in [7, 11) is 0. The molecule has 0 spiro atoms. The molecular weight excluding hydrogens is 335 g/mol. The largest absolute Gasteiger partial charge is 0.504 e. The molecule has 23 heavy (non-hydrogen) atoms. The van der Waals surface area contributed by atoms with Gasteiger partial charge in [0.2, 0.25) is 0 Å². The fourth-order valence-corrected chi connectivity index (χ4v) is 2.95. The van der Waals surface area contributed by atoms with Crippen molar-refractivity contribution in [3.05, 3.63) is 23.8 Å². The van der Waals surface area contributed by atoms with Gasteiger partial charge in [-0.2, -0.15) is 0 Å². The molecule has 0 aliphatic carbocycles. The Balaban J connectivity index is 0.00000242. The van der Waals surface area contributed by atoms with Crippen molar-refractivity contribution >= 4 is 24.8 Å². The Kier molecular flexibility index (Phi) is 10.7. The zero-order chi connectivity index (χ0) is 15.2. The summed E-state index contributed by atoms with van der Waals surface area (Å²) in [5, 5.41) is 13.3. The third kappa shape index (κ3) is 6.38. The normalized spacial score (nSPS) is 16.3. The zero-order valence-corrected chi connectivity index (χ0v) is 15.9. The van der Waals surface area contributed by atoms with Crippen LogP contribution < -0.4 is 10.1 Å². The van der Waals surface area contributed by atoms with Crippen LogP contribution in [0.1, 0.15) is 38.8 Å². The van der Waals surface area contributed by atoms with Crippen LogP contribution in [0.2, 0.25) is 0 Å². The maximum absolute atomic E-state index is 9.89. The Hall–Kier alpha value is -0.680. The SMILES string of the molecule is CCOc1cc([C@H](CC(C)C)N2CCNCC2)ccc1O.Cl.Cl. The van der Waals surface area contributed by atoms with Crippen LogP contribution in [0.5, 0.6) is 11.5 Å². The number of nitrogens with zero attached hydrogens (tertiary/aromatic N) is 1. The maximum Gasteiger partial charge on any atom is 0.161 e. The van der Waals surface area contributed by atoms with Gasteiger partial charge in [-0.25, -0.2) is 0 Å². The Morgan fingerprint density at radius 1 is 1.22 bits per heavy atom. The van der Waals surface area contributed by atoms with E-state index in [0.29, 0.717) is 24.3 Å². The molecule has 0 amide bonds. The smallest absolute Gasteiger partial charge is 0.161 e. The first kappa shape index (κ1) is 22.3. The Morgan fingerprint density at radius 2 is 1.87 bits per heavy atom. The van der Waals surface area contributed by atoms with Crippen LogP contribution in [0.4, 0.5) is 0 Å². The van der Waals surface area contributed by atoms with Crippen molar-refractivity contribution in [3.63, 3.8) is 0 Å². The van der Waals surface area contributed by atoms with Gasteiger partial charge in [0.1, 0.15) is 0 Å². The van der Waals surface area contributed by atoms with Gasteiger partial charge in [0.05, 0.1) is 6.61 Å². The summed E-state index contributed by atoms with van der Waals surface area (Å²) in [5.41, 5.74) is 1.24. The topological polar surface area (TPSA) is 44.7 Å². The van der Waals surface area contributed by atoms with Crippen LogP contribution in [-0.4, -0.2) is 42.8 Å². The maximum atomic E-state index is 9.89. The molecule has 0 unspecified atom stereocenters. The van der Waals surface area contributed by atoms with Gasteiger partial charge in [0, 0.05) is 32.2 Å². The van der Waals surface area contributed by atoms with Crippen molar-refractivity contribution < 1.29 is 9.84 Å². The van der Waals surface area contributed by atoms with Gasteiger partial charge in [0.15, 0.2) is 11.5 Å². The molecule has 1 atom stereocenters. The third-order valence-electron chi connectivity index (χ3n) is 3.96. The van der Waals surface area contributed by atoms with Crippen LogP contribution in [0, 0.1) is 5.92 Å². The molecule has 6 heteroatoms. The van der Waals surface area contributed by atoms with Crippen LogP contribution >= 0.6 is 24.8 Å². The van der Waals surface area contributed by atoms with Gasteiger partial charge in [0.25, 0.3) is 0 Å². The number of halogens is 2. The minimum atomic E-state index is 0. The highest BCUT2D eigenvalue weighted by Gasteiger charge is 2.23. The first-order valence-corrected chi connectivity index (χ1v) is 8.02. The summed E-state index contributed by atoms with van der Waals surface area (Å²) in [5.74, 6) is 1.46. The van der Waals surface area contributed by atoms with Crippen molar-refractivity contribution in [3.8, 4) is 11.5 Å². The number of hydrogen-bond acceptors (Lipinski definition) is 4. The molecule has 0 bridgehead atoms. The molecular formula is C17H30Cl2N2O2. The van der Waals surface area contributed by atoms with E-state index in [1.807, 2.05) is 19.1 Å². The molecule has 1 aliphatic rings. The minimum absolute atomic E-state index is 0. The van der Waals surface area contributed by atoms with Gasteiger partial charge in [-0.1, -0.05) is 19.9 Å². The monoisotopic (exact) mass is 364 g/mol. The number of benzene rings is 1. The van der Waals surface area contributed by atoms with E-state index >= 15 is 0 Å². The van der Waals surface area contributed by atoms with E-state index in [0.717, 1.165) is 32.6 Å². The van der Waals surface area contributed by atoms with Gasteiger partial charge in [-0.15, -0.1) is 24.8 Å². The molecule has 0 aromatic heterocycles. The van der Waals surface area contributed by atoms with E-state index < -0.39 is 0 Å². The quantitative estimate of drug-likeness (QED) is 0.808. The molecule has 1 heterocycles. The molecule has 0 saturated carbocycles. The van der Waals surface area contributed by atoms with E-state index in [4.69, 9.17) is 4.74 Å². The molecule has 0 radical (unpaired) electrons. The number of aromatic hydroxyl groups is 1. The summed E-state index contributed by atoms with van der Waals surface area (Å²) in [6.45, 7) is 11.3. The summed E-state index contributed by atoms with van der Waals surface area (Å²) in [6.07, 6.45) is 1.12. The minimum Gasteiger partial charge on any atom is -0.504 e. The number of phenols is 1. The molecule has 2 N–H and O–H groups in total. The van der Waals surface area contributed by atoms with Crippen LogP contribution in [0.25, 0.3) is 0 Å². The Bertz CT molecular complexity index is 452. The van der Waals surface area contributed by atoms with Gasteiger partial charge < -0.3 is 15.2 Å². The lowest BCUT2D eigenvalue weighted by molar-refractivity contribution is 0.153. The second-order valence-electron chi connectivity index (χ2n) is 6.09. The summed E-state index contributed by atoms with van der Waals surface area (Å²) in [6, 6.07) is 6.20. The van der Waals surface area contributed by atoms with E-state index in [1.54, 1.807) is 6.07 Å². The highest BCUT2D eigenvalue weighted by molar-refractivity contribution is 5.85. The van der Waals surface area contributed by atoms with Crippen LogP contribution in [0.3, 0.4) is 0 Å². The Morgan fingerprint density at radius 3 is 2.43 bits per heavy atom. The number of phenolic OH excluding ortho intramolecular Hbond substituents is 1. The number of piperazine rings is 1. The van der Waals surface area contributed by atoms with E-state index in [2.05, 4.69) is 24.1 Å². The molecule has 1 fully saturated rings. The van der Waals surface area contributed by atoms with E-state index in [-0.39, 0.29) is 30.6 Å². The van der Waals surface area contributed by atoms with E-state index in [9.17, 15) is 5.11 Å². The standard InChI is InChI=1S/C17H28N2O2.2ClH/c1-4-21-17-12-14(5-6-16(17)20)15(11-13(2)3)19-9-7-18-8-10-19;;/h5-6,12-13,15,18,20H,4,7-11H2,1-3H3;2*1H/t15-;;/m0../s1. The predicted molar refractivity (Wildman–Crippen MR) is 100 cm³/mol. The number of rotatable bonds is 6. The molecule has 2 rings (SSSR count). The number of ether oxygens (including phenoxy) is 1. The summed E-state index contributed by atoms with van der Waals surface area (Å²) >= 11 is 0. The van der Waals surface area contributed by atoms with Crippen molar-refractivity contribution in [2.24, 2.45) is 5.92 Å². The first-order valence-electron chi connectivity index (χ1n) is 8.02. The zero-order valence-electron chi connectivity index (χ0n) is 14.2. The van der Waals surface area contributed by atoms with Gasteiger partial charge in [-0.3, -0.25) is 4.90 Å². The molecule has 4 nitrogen and oxygen atoms in total. The lowest BCUT2D eigenvalue weighted by Gasteiger charge is -2.36. The lowest BCUT2D eigenvalue weighted by Crippen LogP contribution is -2.45. The molecule has 134 valence electrons. The fourth-order valence-electron chi connectivity index (χ4n) is 2.95. The predicted octanol–water partition coefficient (Wildman–Crippen LogP) is 3.63. The summed E-state index contributed by atoms with van der Waals surface area (Å²) in [4.78, 5) is 2.54. The van der Waals surface area contributed by atoms with Crippen molar-refractivity contribution in [1.82, 2.24) is 10.2 Å². The average molecular weight is 365 g/mol. The first-order chi connectivity index (χ1) is 10.1. The van der Waals surface area contributed by atoms with Crippen molar-refractivity contribution in [2.45, 2.75) is 33.2 Å². The Labute approximate surface area is 152 Å². The summed E-state index contributed by atoms with van der Waals surface area (Å²) < 4.78 is 5.54. The molecule has 1 saturated heterocycles. The van der Waals surface area contributed by atoms with Gasteiger partial charge in [-0.05, 0) is 37.0 Å². The third-order valence-corrected chi connectivity index (χ3v) is 3.96. The molecule has 1 aliphatic heterocycles. The van der Waals surface area contributed by atoms with E-state index in [1.165, 1.54) is 5.56 Å². The number of nitrogens with one attached hydrogen (secondary N) is 1. The number of hydrogen-bond donors (Lipinski definition) is 2. The second-order valence-corrected chi connectivity index (χ2v) is 6.09. The fraction of sp³-hybridized carbons (Fsp3) is 0.647. The average Bonchev–Trinajstić information content (AvgIpc) is 2.48. The van der Waals surface area contributed by atoms with Crippen molar-refractivity contribution in [1.29, 1.82) is 0 Å². The van der Waals surface area contributed by atoms with Crippen LogP contribution in [0.15, 0.2) is 18.2 Å². The highest BCUT2D eigenvalue weighted by Crippen LogP contribution is 2.34. The highest BCUT2D eigenvalue weighted by atomic mass is 35.5. The van der Waals surface area contributed by atoms with Crippen molar-refractivity contribution in [2.75, 3.05) is 32.8 Å². The molecule has 1 aromatic rings. The van der Waals surface area contributed by atoms with Gasteiger partial charge >= 0.3 is 0 Å².